The maximum absolute atomic E-state index is 5.83. The Morgan fingerprint density at radius 3 is 1.93 bits per heavy atom. The lowest BCUT2D eigenvalue weighted by molar-refractivity contribution is 0.184. The first-order chi connectivity index (χ1) is 13.4. The summed E-state index contributed by atoms with van der Waals surface area (Å²) < 4.78 is 5.83. The van der Waals surface area contributed by atoms with Crippen molar-refractivity contribution in [2.24, 2.45) is 5.92 Å². The Kier molecular flexibility index (Phi) is 6.10. The molecule has 4 heteroatoms. The molecule has 1 aliphatic rings. The molecular weight excluding hydrogens is 352 g/mol. The van der Waals surface area contributed by atoms with E-state index in [-0.39, 0.29) is 6.04 Å². The highest BCUT2D eigenvalue weighted by Crippen LogP contribution is 2.28. The smallest absolute Gasteiger partial charge is 0.0641 e. The normalized spacial score (nSPS) is 19.1. The lowest BCUT2D eigenvalue weighted by Gasteiger charge is -2.31. The molecule has 0 radical (unpaired) electrons. The zero-order valence-corrected chi connectivity index (χ0v) is 16.0. The van der Waals surface area contributed by atoms with Crippen LogP contribution >= 0.6 is 11.8 Å². The Morgan fingerprint density at radius 1 is 0.778 bits per heavy atom. The van der Waals surface area contributed by atoms with Gasteiger partial charge in [0, 0.05) is 16.6 Å². The van der Waals surface area contributed by atoms with Crippen LogP contribution in [-0.2, 0) is 4.74 Å². The Bertz CT molecular complexity index is 774. The first-order valence-electron chi connectivity index (χ1n) is 9.32. The van der Waals surface area contributed by atoms with Crippen molar-refractivity contribution in [3.8, 4) is 0 Å². The minimum absolute atomic E-state index is 0.279. The second-order valence-electron chi connectivity index (χ2n) is 6.66. The van der Waals surface area contributed by atoms with Crippen molar-refractivity contribution in [3.05, 3.63) is 91.0 Å². The van der Waals surface area contributed by atoms with Crippen LogP contribution in [0.2, 0.25) is 0 Å². The van der Waals surface area contributed by atoms with Crippen LogP contribution in [0.1, 0.15) is 0 Å². The topological polar surface area (TPSA) is 24.5 Å². The van der Waals surface area contributed by atoms with E-state index in [0.717, 1.165) is 30.3 Å². The monoisotopic (exact) mass is 376 g/mol. The molecule has 27 heavy (non-hydrogen) atoms. The predicted molar refractivity (Wildman–Crippen MR) is 113 cm³/mol. The summed E-state index contributed by atoms with van der Waals surface area (Å²) in [5.74, 6) is 1.50. The van der Waals surface area contributed by atoms with E-state index in [1.165, 1.54) is 4.90 Å². The molecule has 1 fully saturated rings. The van der Waals surface area contributed by atoms with Crippen molar-refractivity contribution < 1.29 is 4.74 Å². The molecule has 0 aliphatic carbocycles. The summed E-state index contributed by atoms with van der Waals surface area (Å²) in [5.41, 5.74) is 5.99. The van der Waals surface area contributed by atoms with E-state index in [1.807, 2.05) is 23.9 Å². The molecule has 1 heterocycles. The van der Waals surface area contributed by atoms with Gasteiger partial charge in [-0.2, -0.15) is 0 Å². The van der Waals surface area contributed by atoms with Gasteiger partial charge in [-0.25, -0.2) is 5.43 Å². The zero-order chi connectivity index (χ0) is 18.3. The molecule has 0 unspecified atom stereocenters. The number of thioether (sulfide) groups is 1. The molecule has 138 valence electrons. The molecular formula is C23H24N2OS. The van der Waals surface area contributed by atoms with Crippen molar-refractivity contribution in [1.82, 2.24) is 5.43 Å². The van der Waals surface area contributed by atoms with Crippen molar-refractivity contribution in [2.75, 3.05) is 24.0 Å². The summed E-state index contributed by atoms with van der Waals surface area (Å²) in [4.78, 5) is 1.31. The van der Waals surface area contributed by atoms with Gasteiger partial charge in [-0.15, -0.1) is 11.8 Å². The van der Waals surface area contributed by atoms with Crippen LogP contribution < -0.4 is 10.4 Å². The quantitative estimate of drug-likeness (QED) is 0.456. The number of anilines is 2. The summed E-state index contributed by atoms with van der Waals surface area (Å²) in [7, 11) is 0. The number of rotatable bonds is 7. The SMILES string of the molecule is c1ccc(SC[C@@H]2COC[C@@H]2NN(c2ccccc2)c2ccccc2)cc1. The number of ether oxygens (including phenoxy) is 1. The number of hydrogen-bond acceptors (Lipinski definition) is 4. The largest absolute Gasteiger partial charge is 0.379 e. The summed E-state index contributed by atoms with van der Waals surface area (Å²) >= 11 is 1.90. The van der Waals surface area contributed by atoms with Gasteiger partial charge >= 0.3 is 0 Å². The highest BCUT2D eigenvalue weighted by atomic mass is 32.2. The molecule has 2 atom stereocenters. The van der Waals surface area contributed by atoms with Gasteiger partial charge in [0.1, 0.15) is 0 Å². The molecule has 0 aromatic heterocycles. The second kappa shape index (κ2) is 9.09. The summed E-state index contributed by atoms with van der Waals surface area (Å²) in [5, 5.41) is 2.18. The highest BCUT2D eigenvalue weighted by Gasteiger charge is 2.30. The van der Waals surface area contributed by atoms with E-state index in [2.05, 4.69) is 89.3 Å². The van der Waals surface area contributed by atoms with Crippen LogP contribution in [0.3, 0.4) is 0 Å². The number of benzene rings is 3. The molecule has 1 saturated heterocycles. The number of hydrogen-bond donors (Lipinski definition) is 1. The number of nitrogens with one attached hydrogen (secondary N) is 1. The van der Waals surface area contributed by atoms with E-state index < -0.39 is 0 Å². The van der Waals surface area contributed by atoms with Crippen LogP contribution in [0.5, 0.6) is 0 Å². The lowest BCUT2D eigenvalue weighted by atomic mass is 10.1. The Labute approximate surface area is 165 Å². The number of para-hydroxylation sites is 2. The number of nitrogens with zero attached hydrogens (tertiary/aromatic N) is 1. The fraction of sp³-hybridized carbons (Fsp3) is 0.217. The minimum Gasteiger partial charge on any atom is -0.379 e. The van der Waals surface area contributed by atoms with Gasteiger partial charge in [-0.05, 0) is 36.4 Å². The van der Waals surface area contributed by atoms with Crippen molar-refractivity contribution >= 4 is 23.1 Å². The summed E-state index contributed by atoms with van der Waals surface area (Å²) in [6.07, 6.45) is 0. The summed E-state index contributed by atoms with van der Waals surface area (Å²) in [6, 6.07) is 31.8. The van der Waals surface area contributed by atoms with Gasteiger partial charge in [0.05, 0.1) is 30.6 Å². The van der Waals surface area contributed by atoms with Gasteiger partial charge in [-0.1, -0.05) is 54.6 Å². The molecule has 1 aliphatic heterocycles. The molecule has 3 aromatic carbocycles. The molecule has 3 aromatic rings. The average Bonchev–Trinajstić information content (AvgIpc) is 3.19. The van der Waals surface area contributed by atoms with Crippen molar-refractivity contribution in [1.29, 1.82) is 0 Å². The maximum atomic E-state index is 5.83. The van der Waals surface area contributed by atoms with Crippen LogP contribution in [0, 0.1) is 5.92 Å². The molecule has 0 spiro atoms. The van der Waals surface area contributed by atoms with Gasteiger partial charge in [0.2, 0.25) is 0 Å². The lowest BCUT2D eigenvalue weighted by Crippen LogP contribution is -2.46. The third-order valence-corrected chi connectivity index (χ3v) is 5.93. The Hall–Kier alpha value is -2.27. The van der Waals surface area contributed by atoms with E-state index >= 15 is 0 Å². The van der Waals surface area contributed by atoms with Crippen LogP contribution in [0.15, 0.2) is 95.9 Å². The van der Waals surface area contributed by atoms with Crippen molar-refractivity contribution in [3.63, 3.8) is 0 Å². The number of hydrazine groups is 1. The molecule has 0 bridgehead atoms. The van der Waals surface area contributed by atoms with Gasteiger partial charge in [0.25, 0.3) is 0 Å². The predicted octanol–water partition coefficient (Wildman–Crippen LogP) is 5.14. The van der Waals surface area contributed by atoms with E-state index in [0.29, 0.717) is 5.92 Å². The van der Waals surface area contributed by atoms with Crippen LogP contribution in [-0.4, -0.2) is 25.0 Å². The first-order valence-corrected chi connectivity index (χ1v) is 10.3. The highest BCUT2D eigenvalue weighted by molar-refractivity contribution is 7.99. The average molecular weight is 377 g/mol. The molecule has 4 rings (SSSR count). The fourth-order valence-corrected chi connectivity index (χ4v) is 4.33. The zero-order valence-electron chi connectivity index (χ0n) is 15.2. The van der Waals surface area contributed by atoms with Gasteiger partial charge in [-0.3, -0.25) is 5.01 Å². The third kappa shape index (κ3) is 4.72. The van der Waals surface area contributed by atoms with Gasteiger partial charge < -0.3 is 4.74 Å². The fourth-order valence-electron chi connectivity index (χ4n) is 3.24. The van der Waals surface area contributed by atoms with Crippen molar-refractivity contribution in [2.45, 2.75) is 10.9 Å². The van der Waals surface area contributed by atoms with Crippen LogP contribution in [0.4, 0.5) is 11.4 Å². The Morgan fingerprint density at radius 2 is 1.33 bits per heavy atom. The molecule has 0 saturated carbocycles. The third-order valence-electron chi connectivity index (χ3n) is 4.73. The second-order valence-corrected chi connectivity index (χ2v) is 7.76. The maximum Gasteiger partial charge on any atom is 0.0641 e. The van der Waals surface area contributed by atoms with E-state index in [4.69, 9.17) is 4.74 Å². The summed E-state index contributed by atoms with van der Waals surface area (Å²) in [6.45, 7) is 1.53. The van der Waals surface area contributed by atoms with Crippen LogP contribution in [0.25, 0.3) is 0 Å². The van der Waals surface area contributed by atoms with Gasteiger partial charge in [0.15, 0.2) is 0 Å². The van der Waals surface area contributed by atoms with E-state index in [1.54, 1.807) is 0 Å². The standard InChI is InChI=1S/C23H24N2OS/c1-4-10-20(11-5-1)25(21-12-6-2-7-13-21)24-23-17-26-16-19(23)18-27-22-14-8-3-9-15-22/h1-15,19,23-24H,16-18H2/t19-,23-/m0/s1. The Balaban J connectivity index is 1.48. The molecule has 3 nitrogen and oxygen atoms in total. The first kappa shape index (κ1) is 18.1. The van der Waals surface area contributed by atoms with E-state index in [9.17, 15) is 0 Å². The molecule has 1 N–H and O–H groups in total. The molecule has 0 amide bonds. The minimum atomic E-state index is 0.279.